The zero-order valence-electron chi connectivity index (χ0n) is 18.0. The average molecular weight is 379 g/mol. The van der Waals surface area contributed by atoms with E-state index in [1.54, 1.807) is 5.56 Å². The van der Waals surface area contributed by atoms with E-state index in [0.717, 1.165) is 24.0 Å². The van der Waals surface area contributed by atoms with E-state index in [4.69, 9.17) is 4.65 Å². The highest BCUT2D eigenvalue weighted by Crippen LogP contribution is 2.28. The minimum atomic E-state index is -0.730. The van der Waals surface area contributed by atoms with Crippen molar-refractivity contribution in [1.29, 1.82) is 0 Å². The third-order valence-electron chi connectivity index (χ3n) is 5.94. The molecule has 0 bridgehead atoms. The van der Waals surface area contributed by atoms with Crippen LogP contribution in [0.2, 0.25) is 0 Å². The third kappa shape index (κ3) is 4.68. The van der Waals surface area contributed by atoms with Crippen LogP contribution in [0.4, 0.5) is 0 Å². The van der Waals surface area contributed by atoms with Gasteiger partial charge in [0.25, 0.3) is 0 Å². The summed E-state index contributed by atoms with van der Waals surface area (Å²) in [5.74, 6) is 0.519. The number of nitrogens with zero attached hydrogens (tertiary/aromatic N) is 1. The van der Waals surface area contributed by atoms with E-state index in [9.17, 15) is 5.02 Å². The van der Waals surface area contributed by atoms with Gasteiger partial charge < -0.3 is 9.68 Å². The zero-order valence-corrected chi connectivity index (χ0v) is 18.0. The summed E-state index contributed by atoms with van der Waals surface area (Å²) in [5.41, 5.74) is 6.47. The Labute approximate surface area is 170 Å². The van der Waals surface area contributed by atoms with Gasteiger partial charge in [0, 0.05) is 19.1 Å². The van der Waals surface area contributed by atoms with Crippen LogP contribution in [0.3, 0.4) is 0 Å². The van der Waals surface area contributed by atoms with Crippen molar-refractivity contribution < 1.29 is 9.68 Å². The van der Waals surface area contributed by atoms with E-state index >= 15 is 0 Å². The van der Waals surface area contributed by atoms with Crippen LogP contribution in [0.15, 0.2) is 42.5 Å². The number of fused-ring (bicyclic) bond motifs is 2. The first-order chi connectivity index (χ1) is 13.4. The SMILES string of the molecule is CC(C)N1CCc2ccccc2C1.CCC1OB(O)c2ccc(C(C)C)cc21. The summed E-state index contributed by atoms with van der Waals surface area (Å²) in [6.07, 6.45) is 2.19. The molecule has 0 aromatic heterocycles. The fourth-order valence-corrected chi connectivity index (χ4v) is 4.03. The molecule has 0 fully saturated rings. The monoisotopic (exact) mass is 379 g/mol. The van der Waals surface area contributed by atoms with Crippen molar-refractivity contribution in [2.24, 2.45) is 0 Å². The molecule has 1 unspecified atom stereocenters. The standard InChI is InChI=1S/C12H17BO2.C12H17N/c1-4-12-10-7-9(8(2)3)5-6-11(10)13(14)15-12;1-10(2)13-8-7-11-5-3-4-6-12(11)9-13/h5-8,12,14H,4H2,1-3H3;3-6,10H,7-9H2,1-2H3. The Balaban J connectivity index is 0.000000162. The zero-order chi connectivity index (χ0) is 20.3. The molecular formula is C24H34BNO2. The van der Waals surface area contributed by atoms with Gasteiger partial charge in [-0.15, -0.1) is 0 Å². The van der Waals surface area contributed by atoms with Gasteiger partial charge in [0.15, 0.2) is 0 Å². The lowest BCUT2D eigenvalue weighted by molar-refractivity contribution is 0.186. The molecule has 3 nitrogen and oxygen atoms in total. The van der Waals surface area contributed by atoms with Crippen LogP contribution >= 0.6 is 0 Å². The van der Waals surface area contributed by atoms with Crippen molar-refractivity contribution in [2.45, 2.75) is 72.1 Å². The first-order valence-corrected chi connectivity index (χ1v) is 10.7. The molecule has 4 rings (SSSR count). The molecule has 2 aliphatic heterocycles. The maximum atomic E-state index is 9.69. The normalized spacial score (nSPS) is 18.7. The molecule has 2 aromatic carbocycles. The van der Waals surface area contributed by atoms with Gasteiger partial charge in [-0.1, -0.05) is 63.2 Å². The van der Waals surface area contributed by atoms with Crippen LogP contribution < -0.4 is 5.46 Å². The molecule has 28 heavy (non-hydrogen) atoms. The van der Waals surface area contributed by atoms with Crippen molar-refractivity contribution in [3.8, 4) is 0 Å². The van der Waals surface area contributed by atoms with Gasteiger partial charge in [0.2, 0.25) is 0 Å². The average Bonchev–Trinajstić information content (AvgIpc) is 3.03. The second kappa shape index (κ2) is 9.26. The van der Waals surface area contributed by atoms with E-state index in [0.29, 0.717) is 12.0 Å². The molecule has 150 valence electrons. The summed E-state index contributed by atoms with van der Waals surface area (Å²) in [6, 6.07) is 15.7. The second-order valence-corrected chi connectivity index (χ2v) is 8.51. The fourth-order valence-electron chi connectivity index (χ4n) is 4.03. The van der Waals surface area contributed by atoms with Gasteiger partial charge in [-0.05, 0) is 60.3 Å². The number of hydrogen-bond acceptors (Lipinski definition) is 3. The van der Waals surface area contributed by atoms with Crippen molar-refractivity contribution in [2.75, 3.05) is 6.54 Å². The predicted molar refractivity (Wildman–Crippen MR) is 118 cm³/mol. The van der Waals surface area contributed by atoms with Gasteiger partial charge in [-0.3, -0.25) is 4.90 Å². The first kappa shape index (κ1) is 21.1. The Morgan fingerprint density at radius 3 is 2.46 bits per heavy atom. The van der Waals surface area contributed by atoms with Crippen LogP contribution in [0.5, 0.6) is 0 Å². The molecule has 2 heterocycles. The summed E-state index contributed by atoms with van der Waals surface area (Å²) in [7, 11) is -0.730. The van der Waals surface area contributed by atoms with Crippen LogP contribution in [0, 0.1) is 0 Å². The summed E-state index contributed by atoms with van der Waals surface area (Å²) >= 11 is 0. The van der Waals surface area contributed by atoms with E-state index in [-0.39, 0.29) is 6.10 Å². The van der Waals surface area contributed by atoms with E-state index in [1.165, 1.54) is 24.1 Å². The van der Waals surface area contributed by atoms with Crippen LogP contribution in [-0.2, 0) is 17.6 Å². The summed E-state index contributed by atoms with van der Waals surface area (Å²) in [5, 5.41) is 9.69. The number of rotatable bonds is 3. The van der Waals surface area contributed by atoms with E-state index in [1.807, 2.05) is 6.07 Å². The molecule has 1 N–H and O–H groups in total. The van der Waals surface area contributed by atoms with E-state index in [2.05, 4.69) is 75.9 Å². The van der Waals surface area contributed by atoms with Gasteiger partial charge in [-0.25, -0.2) is 0 Å². The predicted octanol–water partition coefficient (Wildman–Crippen LogP) is 4.43. The quantitative estimate of drug-likeness (QED) is 0.801. The molecule has 1 atom stereocenters. The molecule has 4 heteroatoms. The van der Waals surface area contributed by atoms with Gasteiger partial charge >= 0.3 is 7.12 Å². The highest BCUT2D eigenvalue weighted by molar-refractivity contribution is 6.61. The Kier molecular flexibility index (Phi) is 6.98. The molecule has 0 saturated carbocycles. The maximum Gasteiger partial charge on any atom is 0.491 e. The van der Waals surface area contributed by atoms with Crippen molar-refractivity contribution in [1.82, 2.24) is 4.90 Å². The highest BCUT2D eigenvalue weighted by Gasteiger charge is 2.34. The van der Waals surface area contributed by atoms with Crippen molar-refractivity contribution >= 4 is 12.6 Å². The highest BCUT2D eigenvalue weighted by atomic mass is 16.5. The van der Waals surface area contributed by atoms with Crippen LogP contribution in [0.25, 0.3) is 0 Å². The Morgan fingerprint density at radius 1 is 1.11 bits per heavy atom. The van der Waals surface area contributed by atoms with E-state index < -0.39 is 7.12 Å². The Bertz CT molecular complexity index is 790. The smallest absolute Gasteiger partial charge is 0.423 e. The van der Waals surface area contributed by atoms with Crippen LogP contribution in [-0.4, -0.2) is 29.6 Å². The summed E-state index contributed by atoms with van der Waals surface area (Å²) < 4.78 is 5.47. The molecule has 2 aliphatic rings. The Hall–Kier alpha value is -1.62. The second-order valence-electron chi connectivity index (χ2n) is 8.51. The lowest BCUT2D eigenvalue weighted by atomic mass is 9.78. The molecule has 0 spiro atoms. The maximum absolute atomic E-state index is 9.69. The van der Waals surface area contributed by atoms with Crippen LogP contribution in [0.1, 0.15) is 75.3 Å². The summed E-state index contributed by atoms with van der Waals surface area (Å²) in [6.45, 7) is 13.3. The fraction of sp³-hybridized carbons (Fsp3) is 0.500. The first-order valence-electron chi connectivity index (χ1n) is 10.7. The third-order valence-corrected chi connectivity index (χ3v) is 5.94. The Morgan fingerprint density at radius 2 is 1.82 bits per heavy atom. The van der Waals surface area contributed by atoms with Gasteiger partial charge in [0.1, 0.15) is 0 Å². The molecule has 0 amide bonds. The number of benzene rings is 2. The summed E-state index contributed by atoms with van der Waals surface area (Å²) in [4.78, 5) is 2.53. The van der Waals surface area contributed by atoms with Gasteiger partial charge in [0.05, 0.1) is 6.10 Å². The minimum Gasteiger partial charge on any atom is -0.423 e. The van der Waals surface area contributed by atoms with Gasteiger partial charge in [-0.2, -0.15) is 0 Å². The lowest BCUT2D eigenvalue weighted by Crippen LogP contribution is -2.35. The molecule has 0 radical (unpaired) electrons. The largest absolute Gasteiger partial charge is 0.491 e. The van der Waals surface area contributed by atoms with Crippen molar-refractivity contribution in [3.05, 3.63) is 64.7 Å². The molecule has 0 aliphatic carbocycles. The molecular weight excluding hydrogens is 345 g/mol. The molecule has 0 saturated heterocycles. The molecule has 2 aromatic rings. The minimum absolute atomic E-state index is 0.0636. The van der Waals surface area contributed by atoms with Crippen molar-refractivity contribution in [3.63, 3.8) is 0 Å². The number of hydrogen-bond donors (Lipinski definition) is 1. The topological polar surface area (TPSA) is 32.7 Å². The lowest BCUT2D eigenvalue weighted by Gasteiger charge is -2.31.